The minimum Gasteiger partial charge on any atom is -0.477 e. The van der Waals surface area contributed by atoms with Gasteiger partial charge in [0.15, 0.2) is 5.16 Å². The average molecular weight is 488 g/mol. The fourth-order valence-corrected chi connectivity index (χ4v) is 6.33. The number of thioether (sulfide) groups is 2. The first-order valence-electron chi connectivity index (χ1n) is 10.6. The number of rotatable bonds is 7. The Morgan fingerprint density at radius 3 is 2.67 bits per heavy atom. The summed E-state index contributed by atoms with van der Waals surface area (Å²) in [5.74, 6) is -1.56. The Kier molecular flexibility index (Phi) is 5.87. The molecule has 0 radical (unpaired) electrons. The molecule has 3 N–H and O–H groups in total. The first kappa shape index (κ1) is 22.0. The SMILES string of the molecule is O=C(CSc1ncccn1)N[C@@H]1C(=O)N2C(C(=O)O)=C(C(=C3CCNC3=O)C3CC3)CS[C@H]12. The van der Waals surface area contributed by atoms with Crippen LogP contribution in [0.3, 0.4) is 0 Å². The van der Waals surface area contributed by atoms with Crippen LogP contribution in [0.15, 0.2) is 46.0 Å². The highest BCUT2D eigenvalue weighted by Crippen LogP contribution is 2.49. The van der Waals surface area contributed by atoms with Crippen molar-refractivity contribution in [2.45, 2.75) is 35.8 Å². The zero-order valence-corrected chi connectivity index (χ0v) is 19.1. The van der Waals surface area contributed by atoms with Crippen LogP contribution in [-0.2, 0) is 19.2 Å². The van der Waals surface area contributed by atoms with Crippen LogP contribution in [0.2, 0.25) is 0 Å². The summed E-state index contributed by atoms with van der Waals surface area (Å²) in [5, 5.41) is 15.5. The number of nitrogens with one attached hydrogen (secondary N) is 2. The van der Waals surface area contributed by atoms with Gasteiger partial charge in [0.1, 0.15) is 17.1 Å². The first-order chi connectivity index (χ1) is 16.0. The Morgan fingerprint density at radius 2 is 2.03 bits per heavy atom. The van der Waals surface area contributed by atoms with Crippen molar-refractivity contribution in [2.75, 3.05) is 18.1 Å². The zero-order chi connectivity index (χ0) is 23.1. The molecule has 1 saturated carbocycles. The Morgan fingerprint density at radius 1 is 1.27 bits per heavy atom. The van der Waals surface area contributed by atoms with Crippen molar-refractivity contribution < 1.29 is 24.3 Å². The Labute approximate surface area is 197 Å². The summed E-state index contributed by atoms with van der Waals surface area (Å²) in [6, 6.07) is 0.889. The smallest absolute Gasteiger partial charge is 0.352 e. The molecule has 33 heavy (non-hydrogen) atoms. The van der Waals surface area contributed by atoms with Gasteiger partial charge in [-0.05, 0) is 42.4 Å². The Hall–Kier alpha value is -2.86. The topological polar surface area (TPSA) is 142 Å². The van der Waals surface area contributed by atoms with Gasteiger partial charge in [-0.25, -0.2) is 14.8 Å². The van der Waals surface area contributed by atoms with E-state index in [9.17, 15) is 24.3 Å². The summed E-state index contributed by atoms with van der Waals surface area (Å²) in [4.78, 5) is 59.3. The number of fused-ring (bicyclic) bond motifs is 1. The number of carboxylic acids is 1. The van der Waals surface area contributed by atoms with Crippen molar-refractivity contribution in [2.24, 2.45) is 5.92 Å². The van der Waals surface area contributed by atoms with Crippen LogP contribution in [-0.4, -0.2) is 73.1 Å². The van der Waals surface area contributed by atoms with Crippen LogP contribution in [0.25, 0.3) is 0 Å². The second kappa shape index (κ2) is 8.82. The molecule has 2 atom stereocenters. The van der Waals surface area contributed by atoms with Crippen molar-refractivity contribution in [1.29, 1.82) is 0 Å². The monoisotopic (exact) mass is 487 g/mol. The molecule has 3 amide bonds. The summed E-state index contributed by atoms with van der Waals surface area (Å²) < 4.78 is 0. The lowest BCUT2D eigenvalue weighted by Crippen LogP contribution is -2.70. The number of allylic oxidation sites excluding steroid dienone is 1. The normalized spacial score (nSPS) is 25.9. The fraction of sp³-hybridized carbons (Fsp3) is 0.429. The van der Waals surface area contributed by atoms with Crippen LogP contribution >= 0.6 is 23.5 Å². The maximum absolute atomic E-state index is 12.9. The van der Waals surface area contributed by atoms with Gasteiger partial charge in [-0.15, -0.1) is 11.8 Å². The Balaban J connectivity index is 1.34. The van der Waals surface area contributed by atoms with Gasteiger partial charge in [0.2, 0.25) is 11.8 Å². The maximum atomic E-state index is 12.9. The number of nitrogens with zero attached hydrogens (tertiary/aromatic N) is 3. The van der Waals surface area contributed by atoms with Crippen molar-refractivity contribution in [3.05, 3.63) is 40.9 Å². The van der Waals surface area contributed by atoms with Crippen LogP contribution in [0.1, 0.15) is 19.3 Å². The first-order valence-corrected chi connectivity index (χ1v) is 12.6. The minimum absolute atomic E-state index is 0.0467. The van der Waals surface area contributed by atoms with Crippen LogP contribution in [0.4, 0.5) is 0 Å². The van der Waals surface area contributed by atoms with E-state index >= 15 is 0 Å². The highest BCUT2D eigenvalue weighted by atomic mass is 32.2. The molecular weight excluding hydrogens is 466 g/mol. The van der Waals surface area contributed by atoms with Crippen LogP contribution in [0, 0.1) is 5.92 Å². The number of hydrogen-bond donors (Lipinski definition) is 3. The molecule has 0 unspecified atom stereocenters. The number of carboxylic acid groups (broad SMARTS) is 1. The number of carbonyl (C=O) groups excluding carboxylic acids is 3. The maximum Gasteiger partial charge on any atom is 0.352 e. The molecule has 4 heterocycles. The standard InChI is InChI=1S/C21H21N5O5S2/c27-13(9-33-21-23-5-1-6-24-21)25-15-18(29)26-16(20(30)31)12(8-32-19(15)26)14(10-2-3-10)11-4-7-22-17(11)28/h1,5-6,10,15,19H,2-4,7-9H2,(H,22,28)(H,25,27)(H,30,31)/t15-,19-/m1/s1. The lowest BCUT2D eigenvalue weighted by Gasteiger charge is -2.49. The lowest BCUT2D eigenvalue weighted by molar-refractivity contribution is -0.150. The van der Waals surface area contributed by atoms with Gasteiger partial charge in [-0.3, -0.25) is 19.3 Å². The van der Waals surface area contributed by atoms with Crippen molar-refractivity contribution in [3.8, 4) is 0 Å². The van der Waals surface area contributed by atoms with Crippen LogP contribution in [0.5, 0.6) is 0 Å². The van der Waals surface area contributed by atoms with Gasteiger partial charge in [0.25, 0.3) is 5.91 Å². The second-order valence-electron chi connectivity index (χ2n) is 8.08. The third-order valence-corrected chi connectivity index (χ3v) is 8.09. The van der Waals surface area contributed by atoms with E-state index in [0.717, 1.165) is 30.2 Å². The number of β-lactam (4-membered cyclic amide) rings is 1. The van der Waals surface area contributed by atoms with E-state index in [1.165, 1.54) is 16.7 Å². The highest BCUT2D eigenvalue weighted by molar-refractivity contribution is 8.00. The predicted molar refractivity (Wildman–Crippen MR) is 120 cm³/mol. The molecule has 10 nitrogen and oxygen atoms in total. The summed E-state index contributed by atoms with van der Waals surface area (Å²) in [6.07, 6.45) is 5.54. The average Bonchev–Trinajstić information content (AvgIpc) is 3.57. The molecule has 0 spiro atoms. The molecule has 4 aliphatic rings. The number of amides is 3. The molecule has 1 aromatic rings. The quantitative estimate of drug-likeness (QED) is 0.217. The van der Waals surface area contributed by atoms with Crippen molar-refractivity contribution in [3.63, 3.8) is 0 Å². The van der Waals surface area contributed by atoms with E-state index in [1.807, 2.05) is 0 Å². The van der Waals surface area contributed by atoms with E-state index < -0.39 is 23.3 Å². The van der Waals surface area contributed by atoms with E-state index in [0.29, 0.717) is 35.0 Å². The Bertz CT molecular complexity index is 1100. The lowest BCUT2D eigenvalue weighted by atomic mass is 9.91. The molecule has 12 heteroatoms. The van der Waals surface area contributed by atoms with E-state index in [1.54, 1.807) is 18.5 Å². The predicted octanol–water partition coefficient (Wildman–Crippen LogP) is 0.534. The fourth-order valence-electron chi connectivity index (χ4n) is 4.36. The minimum atomic E-state index is -1.19. The molecule has 3 aliphatic heterocycles. The number of carbonyl (C=O) groups is 4. The number of aromatic nitrogens is 2. The molecular formula is C21H21N5O5S2. The van der Waals surface area contributed by atoms with Crippen LogP contribution < -0.4 is 10.6 Å². The van der Waals surface area contributed by atoms with E-state index in [-0.39, 0.29) is 29.2 Å². The van der Waals surface area contributed by atoms with E-state index in [2.05, 4.69) is 20.6 Å². The summed E-state index contributed by atoms with van der Waals surface area (Å²) in [6.45, 7) is 0.540. The molecule has 5 rings (SSSR count). The van der Waals surface area contributed by atoms with Gasteiger partial charge >= 0.3 is 5.97 Å². The van der Waals surface area contributed by atoms with Gasteiger partial charge in [0.05, 0.1) is 5.75 Å². The zero-order valence-electron chi connectivity index (χ0n) is 17.4. The third-order valence-electron chi connectivity index (χ3n) is 5.93. The highest BCUT2D eigenvalue weighted by Gasteiger charge is 2.55. The van der Waals surface area contributed by atoms with E-state index in [4.69, 9.17) is 0 Å². The number of aliphatic carboxylic acids is 1. The van der Waals surface area contributed by atoms with Crippen molar-refractivity contribution >= 4 is 47.2 Å². The van der Waals surface area contributed by atoms with Gasteiger partial charge in [-0.1, -0.05) is 11.8 Å². The van der Waals surface area contributed by atoms with Gasteiger partial charge in [-0.2, -0.15) is 0 Å². The molecule has 0 aromatic carbocycles. The molecule has 1 aromatic heterocycles. The molecule has 172 valence electrons. The van der Waals surface area contributed by atoms with Gasteiger partial charge < -0.3 is 15.7 Å². The molecule has 0 bridgehead atoms. The summed E-state index contributed by atoms with van der Waals surface area (Å²) in [5.41, 5.74) is 1.94. The van der Waals surface area contributed by atoms with Crippen molar-refractivity contribution in [1.82, 2.24) is 25.5 Å². The molecule has 2 saturated heterocycles. The largest absolute Gasteiger partial charge is 0.477 e. The second-order valence-corrected chi connectivity index (χ2v) is 10.1. The van der Waals surface area contributed by atoms with Gasteiger partial charge in [0, 0.05) is 30.3 Å². The third kappa shape index (κ3) is 4.12. The molecule has 3 fully saturated rings. The summed E-state index contributed by atoms with van der Waals surface area (Å²) in [7, 11) is 0. The molecule has 1 aliphatic carbocycles. The number of hydrogen-bond acceptors (Lipinski definition) is 8. The summed E-state index contributed by atoms with van der Waals surface area (Å²) >= 11 is 2.57.